The molecule has 6 heteroatoms. The summed E-state index contributed by atoms with van der Waals surface area (Å²) in [6.07, 6.45) is 1.48. The first-order valence-electron chi connectivity index (χ1n) is 6.32. The molecule has 0 saturated heterocycles. The van der Waals surface area contributed by atoms with Crippen LogP contribution in [0.5, 0.6) is 5.88 Å². The number of carbonyl (C=O) groups is 2. The Morgan fingerprint density at radius 2 is 1.90 bits per heavy atom. The van der Waals surface area contributed by atoms with Crippen LogP contribution in [0.15, 0.2) is 48.7 Å². The first-order valence-corrected chi connectivity index (χ1v) is 6.32. The maximum Gasteiger partial charge on any atom is 0.251 e. The molecule has 2 rings (SSSR count). The molecule has 0 aliphatic carbocycles. The summed E-state index contributed by atoms with van der Waals surface area (Å²) < 4.78 is 4.92. The number of pyridine rings is 1. The predicted molar refractivity (Wildman–Crippen MR) is 78.2 cm³/mol. The lowest BCUT2D eigenvalue weighted by Gasteiger charge is -2.07. The number of nitrogens with one attached hydrogen (secondary N) is 2. The third-order valence-corrected chi connectivity index (χ3v) is 2.67. The van der Waals surface area contributed by atoms with Gasteiger partial charge in [-0.05, 0) is 18.2 Å². The van der Waals surface area contributed by atoms with Crippen LogP contribution < -0.4 is 15.4 Å². The van der Waals surface area contributed by atoms with E-state index in [-0.39, 0.29) is 18.4 Å². The monoisotopic (exact) mass is 285 g/mol. The summed E-state index contributed by atoms with van der Waals surface area (Å²) in [7, 11) is 1.51. The SMILES string of the molecule is COc1ccc(NC(=O)CNC(=O)c2ccccc2)cn1. The normalized spacial score (nSPS) is 9.76. The van der Waals surface area contributed by atoms with Crippen molar-refractivity contribution in [1.82, 2.24) is 10.3 Å². The third-order valence-electron chi connectivity index (χ3n) is 2.67. The van der Waals surface area contributed by atoms with Gasteiger partial charge in [0.15, 0.2) is 0 Å². The van der Waals surface area contributed by atoms with Crippen molar-refractivity contribution in [1.29, 1.82) is 0 Å². The highest BCUT2D eigenvalue weighted by Crippen LogP contribution is 2.10. The van der Waals surface area contributed by atoms with Gasteiger partial charge >= 0.3 is 0 Å². The van der Waals surface area contributed by atoms with E-state index in [2.05, 4.69) is 15.6 Å². The van der Waals surface area contributed by atoms with E-state index in [0.717, 1.165) is 0 Å². The fourth-order valence-electron chi connectivity index (χ4n) is 1.63. The molecule has 2 aromatic rings. The summed E-state index contributed by atoms with van der Waals surface area (Å²) in [4.78, 5) is 27.5. The number of carbonyl (C=O) groups excluding carboxylic acids is 2. The first-order chi connectivity index (χ1) is 10.2. The van der Waals surface area contributed by atoms with E-state index >= 15 is 0 Å². The Morgan fingerprint density at radius 3 is 2.52 bits per heavy atom. The second kappa shape index (κ2) is 7.04. The minimum Gasteiger partial charge on any atom is -0.481 e. The average Bonchev–Trinajstić information content (AvgIpc) is 2.54. The molecule has 0 spiro atoms. The molecule has 2 N–H and O–H groups in total. The van der Waals surface area contributed by atoms with Crippen molar-refractivity contribution >= 4 is 17.5 Å². The highest BCUT2D eigenvalue weighted by atomic mass is 16.5. The third kappa shape index (κ3) is 4.31. The zero-order valence-corrected chi connectivity index (χ0v) is 11.5. The second-order valence-electron chi connectivity index (χ2n) is 4.19. The second-order valence-corrected chi connectivity index (χ2v) is 4.19. The number of hydrogen-bond donors (Lipinski definition) is 2. The van der Waals surface area contributed by atoms with Crippen molar-refractivity contribution in [2.75, 3.05) is 19.0 Å². The summed E-state index contributed by atoms with van der Waals surface area (Å²) >= 11 is 0. The van der Waals surface area contributed by atoms with Crippen molar-refractivity contribution in [3.8, 4) is 5.88 Å². The smallest absolute Gasteiger partial charge is 0.251 e. The Hall–Kier alpha value is -2.89. The maximum atomic E-state index is 11.8. The van der Waals surface area contributed by atoms with Crippen LogP contribution in [0.2, 0.25) is 0 Å². The van der Waals surface area contributed by atoms with E-state index in [1.807, 2.05) is 6.07 Å². The van der Waals surface area contributed by atoms with E-state index in [9.17, 15) is 9.59 Å². The molecule has 108 valence electrons. The van der Waals surface area contributed by atoms with Gasteiger partial charge in [-0.25, -0.2) is 4.98 Å². The van der Waals surface area contributed by atoms with E-state index in [1.54, 1.807) is 36.4 Å². The number of aromatic nitrogens is 1. The van der Waals surface area contributed by atoms with Gasteiger partial charge in [-0.2, -0.15) is 0 Å². The van der Waals surface area contributed by atoms with Crippen LogP contribution >= 0.6 is 0 Å². The highest BCUT2D eigenvalue weighted by molar-refractivity contribution is 5.99. The summed E-state index contributed by atoms with van der Waals surface area (Å²) in [5, 5.41) is 5.17. The van der Waals surface area contributed by atoms with Crippen LogP contribution in [0.4, 0.5) is 5.69 Å². The summed E-state index contributed by atoms with van der Waals surface area (Å²) in [6, 6.07) is 12.0. The minimum absolute atomic E-state index is 0.111. The molecule has 21 heavy (non-hydrogen) atoms. The fraction of sp³-hybridized carbons (Fsp3) is 0.133. The molecular formula is C15H15N3O3. The Morgan fingerprint density at radius 1 is 1.14 bits per heavy atom. The molecule has 1 aromatic heterocycles. The van der Waals surface area contributed by atoms with Gasteiger partial charge in [0.05, 0.1) is 25.5 Å². The number of rotatable bonds is 5. The lowest BCUT2D eigenvalue weighted by Crippen LogP contribution is -2.32. The fourth-order valence-corrected chi connectivity index (χ4v) is 1.63. The number of ether oxygens (including phenoxy) is 1. The quantitative estimate of drug-likeness (QED) is 0.871. The van der Waals surface area contributed by atoms with Crippen molar-refractivity contribution in [2.24, 2.45) is 0 Å². The number of amides is 2. The van der Waals surface area contributed by atoms with Crippen LogP contribution in [0, 0.1) is 0 Å². The van der Waals surface area contributed by atoms with Gasteiger partial charge in [-0.1, -0.05) is 18.2 Å². The molecule has 0 radical (unpaired) electrons. The molecule has 1 aromatic carbocycles. The number of hydrogen-bond acceptors (Lipinski definition) is 4. The summed E-state index contributed by atoms with van der Waals surface area (Å²) in [6.45, 7) is -0.111. The van der Waals surface area contributed by atoms with Crippen LogP contribution in [0.25, 0.3) is 0 Å². The minimum atomic E-state index is -0.328. The van der Waals surface area contributed by atoms with Crippen LogP contribution in [0.3, 0.4) is 0 Å². The van der Waals surface area contributed by atoms with Gasteiger partial charge < -0.3 is 15.4 Å². The Balaban J connectivity index is 1.83. The van der Waals surface area contributed by atoms with Gasteiger partial charge in [0.2, 0.25) is 11.8 Å². The first kappa shape index (κ1) is 14.5. The molecule has 0 atom stereocenters. The van der Waals surface area contributed by atoms with Gasteiger partial charge in [-0.15, -0.1) is 0 Å². The predicted octanol–water partition coefficient (Wildman–Crippen LogP) is 1.46. The van der Waals surface area contributed by atoms with Crippen molar-refractivity contribution in [3.05, 3.63) is 54.2 Å². The molecule has 0 saturated carbocycles. The van der Waals surface area contributed by atoms with Gasteiger partial charge in [0.1, 0.15) is 0 Å². The van der Waals surface area contributed by atoms with Crippen molar-refractivity contribution < 1.29 is 14.3 Å². The molecule has 0 fully saturated rings. The average molecular weight is 285 g/mol. The van der Waals surface area contributed by atoms with Crippen LogP contribution in [-0.2, 0) is 4.79 Å². The molecule has 1 heterocycles. The van der Waals surface area contributed by atoms with E-state index in [0.29, 0.717) is 17.1 Å². The highest BCUT2D eigenvalue weighted by Gasteiger charge is 2.07. The van der Waals surface area contributed by atoms with E-state index < -0.39 is 0 Å². The zero-order chi connectivity index (χ0) is 15.1. The molecule has 0 aliphatic heterocycles. The van der Waals surface area contributed by atoms with Gasteiger partial charge in [-0.3, -0.25) is 9.59 Å². The van der Waals surface area contributed by atoms with Crippen molar-refractivity contribution in [3.63, 3.8) is 0 Å². The number of nitrogens with zero attached hydrogens (tertiary/aromatic N) is 1. The van der Waals surface area contributed by atoms with E-state index in [1.165, 1.54) is 13.3 Å². The van der Waals surface area contributed by atoms with Crippen molar-refractivity contribution in [2.45, 2.75) is 0 Å². The molecule has 0 bridgehead atoms. The molecule has 0 unspecified atom stereocenters. The van der Waals surface area contributed by atoms with Crippen LogP contribution in [0.1, 0.15) is 10.4 Å². The molecule has 0 aliphatic rings. The van der Waals surface area contributed by atoms with Gasteiger partial charge in [0.25, 0.3) is 5.91 Å². The van der Waals surface area contributed by atoms with Gasteiger partial charge in [0, 0.05) is 11.6 Å². The lowest BCUT2D eigenvalue weighted by molar-refractivity contribution is -0.115. The largest absolute Gasteiger partial charge is 0.481 e. The van der Waals surface area contributed by atoms with Crippen LogP contribution in [-0.4, -0.2) is 30.5 Å². The Bertz CT molecular complexity index is 612. The Kier molecular flexibility index (Phi) is 4.87. The number of anilines is 1. The number of benzene rings is 1. The molecular weight excluding hydrogens is 270 g/mol. The topological polar surface area (TPSA) is 80.3 Å². The summed E-state index contributed by atoms with van der Waals surface area (Å²) in [5.41, 5.74) is 1.05. The zero-order valence-electron chi connectivity index (χ0n) is 11.5. The van der Waals surface area contributed by atoms with E-state index in [4.69, 9.17) is 4.74 Å². The standard InChI is InChI=1S/C15H15N3O3/c1-21-14-8-7-12(9-16-14)18-13(19)10-17-15(20)11-5-3-2-4-6-11/h2-9H,10H2,1H3,(H,17,20)(H,18,19). The molecule has 6 nitrogen and oxygen atoms in total. The molecule has 2 amide bonds. The lowest BCUT2D eigenvalue weighted by atomic mass is 10.2. The number of methoxy groups -OCH3 is 1. The summed E-state index contributed by atoms with van der Waals surface area (Å²) in [5.74, 6) is -0.157. The maximum absolute atomic E-state index is 11.8. The Labute approximate surface area is 122 Å².